The molecule has 0 bridgehead atoms. The van der Waals surface area contributed by atoms with Crippen LogP contribution < -0.4 is 15.8 Å². The van der Waals surface area contributed by atoms with E-state index in [9.17, 15) is 32.7 Å². The first-order valence-electron chi connectivity index (χ1n) is 10.6. The molecule has 1 amide bonds. The van der Waals surface area contributed by atoms with Crippen LogP contribution in [0.25, 0.3) is 11.5 Å². The van der Waals surface area contributed by atoms with Crippen molar-refractivity contribution in [3.8, 4) is 17.2 Å². The van der Waals surface area contributed by atoms with Gasteiger partial charge in [-0.25, -0.2) is 14.4 Å². The Bertz CT molecular complexity index is 1300. The minimum Gasteiger partial charge on any atom is -0.480 e. The second kappa shape index (κ2) is 10.9. The summed E-state index contributed by atoms with van der Waals surface area (Å²) in [6.45, 7) is 3.34. The van der Waals surface area contributed by atoms with Gasteiger partial charge in [0.05, 0.1) is 12.1 Å². The lowest BCUT2D eigenvalue weighted by atomic mass is 10.0. The number of benzene rings is 2. The summed E-state index contributed by atoms with van der Waals surface area (Å²) >= 11 is 6.04. The molecule has 192 valence electrons. The van der Waals surface area contributed by atoms with Crippen LogP contribution in [0, 0.1) is 5.92 Å². The largest absolute Gasteiger partial charge is 0.480 e. The summed E-state index contributed by atoms with van der Waals surface area (Å²) < 4.78 is 49.6. The summed E-state index contributed by atoms with van der Waals surface area (Å²) in [6.07, 6.45) is -5.36. The van der Waals surface area contributed by atoms with Crippen molar-refractivity contribution >= 4 is 23.7 Å². The highest BCUT2D eigenvalue weighted by Crippen LogP contribution is 2.30. The van der Waals surface area contributed by atoms with Crippen LogP contribution in [0.5, 0.6) is 5.75 Å². The molecule has 0 aliphatic carbocycles. The molecule has 1 aromatic heterocycles. The van der Waals surface area contributed by atoms with Crippen LogP contribution in [-0.2, 0) is 17.5 Å². The molecule has 2 aromatic carbocycles. The third-order valence-electron chi connectivity index (χ3n) is 4.91. The monoisotopic (exact) mass is 527 g/mol. The third kappa shape index (κ3) is 6.87. The van der Waals surface area contributed by atoms with E-state index in [1.54, 1.807) is 13.8 Å². The first-order chi connectivity index (χ1) is 16.8. The van der Waals surface area contributed by atoms with Gasteiger partial charge in [0.1, 0.15) is 11.8 Å². The lowest BCUT2D eigenvalue weighted by Gasteiger charge is -2.17. The van der Waals surface area contributed by atoms with Crippen molar-refractivity contribution < 1.29 is 37.0 Å². The Labute approximate surface area is 207 Å². The fraction of sp³-hybridized carbons (Fsp3) is 0.304. The van der Waals surface area contributed by atoms with Crippen LogP contribution in [-0.4, -0.2) is 33.0 Å². The van der Waals surface area contributed by atoms with Gasteiger partial charge in [0.15, 0.2) is 0 Å². The van der Waals surface area contributed by atoms with Crippen LogP contribution in [0.3, 0.4) is 0 Å². The first-order valence-corrected chi connectivity index (χ1v) is 11.0. The Morgan fingerprint density at radius 2 is 1.86 bits per heavy atom. The normalized spacial score (nSPS) is 12.4. The van der Waals surface area contributed by atoms with Crippen LogP contribution in [0.1, 0.15) is 31.4 Å². The number of hydrogen-bond acceptors (Lipinski definition) is 6. The Morgan fingerprint density at radius 1 is 1.19 bits per heavy atom. The van der Waals surface area contributed by atoms with E-state index in [2.05, 4.69) is 10.4 Å². The lowest BCUT2D eigenvalue weighted by molar-refractivity contribution is -0.140. The smallest absolute Gasteiger partial charge is 0.437 e. The van der Waals surface area contributed by atoms with Crippen LogP contribution >= 0.6 is 11.6 Å². The molecular weight excluding hydrogens is 507 g/mol. The zero-order valence-corrected chi connectivity index (χ0v) is 19.8. The van der Waals surface area contributed by atoms with E-state index in [1.165, 1.54) is 18.2 Å². The molecule has 3 rings (SSSR count). The molecule has 0 unspecified atom stereocenters. The standard InChI is InChI=1S/C23H21ClF3N3O6/c1-12(2)9-17(20(31)32)28-21(33)35-18-8-7-16(24)10-14(18)11-30-22(34)36-19(29-30)13-3-5-15(6-4-13)23(25,26)27/h3-8,10,12,17H,9,11H2,1-2H3,(H,28,33)(H,31,32)/t17-/m0/s1. The van der Waals surface area contributed by atoms with Gasteiger partial charge in [0.25, 0.3) is 0 Å². The minimum atomic E-state index is -4.52. The number of nitrogens with one attached hydrogen (secondary N) is 1. The highest BCUT2D eigenvalue weighted by atomic mass is 35.5. The number of carbonyl (C=O) groups excluding carboxylic acids is 1. The molecule has 9 nitrogen and oxygen atoms in total. The van der Waals surface area contributed by atoms with Crippen LogP contribution in [0.2, 0.25) is 5.02 Å². The molecule has 36 heavy (non-hydrogen) atoms. The van der Waals surface area contributed by atoms with E-state index in [0.717, 1.165) is 28.9 Å². The molecule has 0 fully saturated rings. The molecule has 0 saturated carbocycles. The second-order valence-electron chi connectivity index (χ2n) is 8.21. The Hall–Kier alpha value is -3.80. The number of halogens is 4. The number of aliphatic carboxylic acids is 1. The van der Waals surface area contributed by atoms with E-state index in [0.29, 0.717) is 0 Å². The van der Waals surface area contributed by atoms with Crippen molar-refractivity contribution in [1.82, 2.24) is 15.1 Å². The molecule has 0 aliphatic rings. The third-order valence-corrected chi connectivity index (χ3v) is 5.14. The summed E-state index contributed by atoms with van der Waals surface area (Å²) in [6, 6.07) is 6.93. The molecule has 0 aliphatic heterocycles. The van der Waals surface area contributed by atoms with Gasteiger partial charge < -0.3 is 19.6 Å². The zero-order chi connectivity index (χ0) is 26.6. The highest BCUT2D eigenvalue weighted by Gasteiger charge is 2.30. The second-order valence-corrected chi connectivity index (χ2v) is 8.65. The van der Waals surface area contributed by atoms with E-state index in [-0.39, 0.29) is 46.7 Å². The highest BCUT2D eigenvalue weighted by molar-refractivity contribution is 6.30. The predicted molar refractivity (Wildman–Crippen MR) is 122 cm³/mol. The maximum Gasteiger partial charge on any atom is 0.437 e. The van der Waals surface area contributed by atoms with E-state index in [4.69, 9.17) is 20.8 Å². The number of carbonyl (C=O) groups is 2. The fourth-order valence-corrected chi connectivity index (χ4v) is 3.42. The Balaban J connectivity index is 1.81. The summed E-state index contributed by atoms with van der Waals surface area (Å²) in [4.78, 5) is 36.1. The number of alkyl halides is 3. The van der Waals surface area contributed by atoms with Gasteiger partial charge in [-0.15, -0.1) is 5.10 Å². The van der Waals surface area contributed by atoms with Crippen molar-refractivity contribution in [3.63, 3.8) is 0 Å². The first kappa shape index (κ1) is 26.8. The topological polar surface area (TPSA) is 124 Å². The number of carboxylic acid groups (broad SMARTS) is 1. The molecular formula is C23H21ClF3N3O6. The number of nitrogens with zero attached hydrogens (tertiary/aromatic N) is 2. The number of amides is 1. The average Bonchev–Trinajstić information content (AvgIpc) is 3.14. The van der Waals surface area contributed by atoms with E-state index >= 15 is 0 Å². The average molecular weight is 528 g/mol. The van der Waals surface area contributed by atoms with Gasteiger partial charge in [0.2, 0.25) is 5.89 Å². The summed E-state index contributed by atoms with van der Waals surface area (Å²) in [5.74, 6) is -2.37. The number of ether oxygens (including phenoxy) is 1. The minimum absolute atomic E-state index is 0.00426. The molecule has 0 saturated heterocycles. The van der Waals surface area contributed by atoms with E-state index < -0.39 is 35.6 Å². The van der Waals surface area contributed by atoms with Gasteiger partial charge in [-0.3, -0.25) is 0 Å². The number of carboxylic acids is 1. The number of aromatic nitrogens is 2. The lowest BCUT2D eigenvalue weighted by Crippen LogP contribution is -2.43. The molecule has 3 aromatic rings. The van der Waals surface area contributed by atoms with Gasteiger partial charge >= 0.3 is 24.0 Å². The molecule has 0 radical (unpaired) electrons. The summed E-state index contributed by atoms with van der Waals surface area (Å²) in [5, 5.41) is 15.8. The SMILES string of the molecule is CC(C)C[C@H](NC(=O)Oc1ccc(Cl)cc1Cn1nc(-c2ccc(C(F)(F)F)cc2)oc1=O)C(=O)O. The number of hydrogen-bond donors (Lipinski definition) is 2. The Morgan fingerprint density at radius 3 is 2.44 bits per heavy atom. The fourth-order valence-electron chi connectivity index (χ4n) is 3.22. The quantitative estimate of drug-likeness (QED) is 0.431. The molecule has 13 heteroatoms. The molecule has 1 atom stereocenters. The van der Waals surface area contributed by atoms with Crippen molar-refractivity contribution in [2.24, 2.45) is 5.92 Å². The predicted octanol–water partition coefficient (Wildman–Crippen LogP) is 4.81. The van der Waals surface area contributed by atoms with Gasteiger partial charge in [-0.05, 0) is 54.8 Å². The number of rotatable bonds is 8. The molecule has 0 spiro atoms. The Kier molecular flexibility index (Phi) is 8.08. The zero-order valence-electron chi connectivity index (χ0n) is 19.0. The summed E-state index contributed by atoms with van der Waals surface area (Å²) in [7, 11) is 0. The van der Waals surface area contributed by atoms with Gasteiger partial charge in [0, 0.05) is 16.1 Å². The van der Waals surface area contributed by atoms with Gasteiger partial charge in [-0.2, -0.15) is 17.9 Å². The molecule has 2 N–H and O–H groups in total. The van der Waals surface area contributed by atoms with E-state index in [1.807, 2.05) is 0 Å². The maximum atomic E-state index is 12.8. The van der Waals surface area contributed by atoms with Crippen LogP contribution in [0.15, 0.2) is 51.7 Å². The van der Waals surface area contributed by atoms with Crippen LogP contribution in [0.4, 0.5) is 18.0 Å². The van der Waals surface area contributed by atoms with Crippen molar-refractivity contribution in [1.29, 1.82) is 0 Å². The van der Waals surface area contributed by atoms with Gasteiger partial charge in [-0.1, -0.05) is 25.4 Å². The van der Waals surface area contributed by atoms with Crippen molar-refractivity contribution in [3.05, 3.63) is 69.2 Å². The maximum absolute atomic E-state index is 12.8. The summed E-state index contributed by atoms with van der Waals surface area (Å²) in [5.41, 5.74) is -0.487. The van der Waals surface area contributed by atoms with Crippen molar-refractivity contribution in [2.45, 2.75) is 39.0 Å². The molecule has 1 heterocycles. The van der Waals surface area contributed by atoms with Crippen molar-refractivity contribution in [2.75, 3.05) is 0 Å².